The maximum absolute atomic E-state index is 12.4. The van der Waals surface area contributed by atoms with Gasteiger partial charge >= 0.3 is 0 Å². The molecule has 23 heavy (non-hydrogen) atoms. The van der Waals surface area contributed by atoms with Crippen molar-refractivity contribution in [2.24, 2.45) is 0 Å². The predicted molar refractivity (Wildman–Crippen MR) is 94.9 cm³/mol. The van der Waals surface area contributed by atoms with Crippen LogP contribution < -0.4 is 10.1 Å². The lowest BCUT2D eigenvalue weighted by Crippen LogP contribution is -2.49. The van der Waals surface area contributed by atoms with Crippen molar-refractivity contribution in [3.8, 4) is 5.75 Å². The Morgan fingerprint density at radius 2 is 1.83 bits per heavy atom. The van der Waals surface area contributed by atoms with Gasteiger partial charge in [0, 0.05) is 25.2 Å². The second kappa shape index (κ2) is 7.93. The van der Waals surface area contributed by atoms with Crippen LogP contribution in [0.3, 0.4) is 0 Å². The molecule has 2 aliphatic heterocycles. The molecule has 2 bridgehead atoms. The lowest BCUT2D eigenvalue weighted by atomic mass is 9.98. The number of benzene rings is 1. The van der Waals surface area contributed by atoms with Crippen LogP contribution in [-0.4, -0.2) is 42.6 Å². The van der Waals surface area contributed by atoms with E-state index in [2.05, 4.69) is 5.32 Å². The largest absolute Gasteiger partial charge is 0.481 e. The van der Waals surface area contributed by atoms with E-state index in [9.17, 15) is 4.79 Å². The van der Waals surface area contributed by atoms with E-state index < -0.39 is 0 Å². The third-order valence-corrected chi connectivity index (χ3v) is 5.24. The highest BCUT2D eigenvalue weighted by atomic mass is 35.5. The summed E-state index contributed by atoms with van der Waals surface area (Å²) in [7, 11) is 1.86. The summed E-state index contributed by atoms with van der Waals surface area (Å²) in [6, 6.07) is 6.53. The number of para-hydroxylation sites is 1. The molecule has 2 saturated heterocycles. The summed E-state index contributed by atoms with van der Waals surface area (Å²) in [6.45, 7) is -0.0424. The van der Waals surface area contributed by atoms with Crippen molar-refractivity contribution >= 4 is 41.5 Å². The molecule has 4 nitrogen and oxygen atoms in total. The van der Waals surface area contributed by atoms with E-state index in [0.717, 1.165) is 12.8 Å². The summed E-state index contributed by atoms with van der Waals surface area (Å²) >= 11 is 12.1. The lowest BCUT2D eigenvalue weighted by Gasteiger charge is -2.35. The highest BCUT2D eigenvalue weighted by molar-refractivity contribution is 6.37. The van der Waals surface area contributed by atoms with Crippen molar-refractivity contribution in [2.45, 2.75) is 43.8 Å². The van der Waals surface area contributed by atoms with E-state index in [1.165, 1.54) is 12.8 Å². The molecule has 2 heterocycles. The van der Waals surface area contributed by atoms with Crippen molar-refractivity contribution in [3.63, 3.8) is 0 Å². The van der Waals surface area contributed by atoms with E-state index in [1.807, 2.05) is 11.9 Å². The van der Waals surface area contributed by atoms with Crippen molar-refractivity contribution in [1.82, 2.24) is 10.2 Å². The first kappa shape index (κ1) is 18.7. The van der Waals surface area contributed by atoms with Crippen LogP contribution in [0.5, 0.6) is 5.75 Å². The first-order valence-electron chi connectivity index (χ1n) is 7.63. The summed E-state index contributed by atoms with van der Waals surface area (Å²) in [5.41, 5.74) is 0. The van der Waals surface area contributed by atoms with E-state index in [-0.39, 0.29) is 31.0 Å². The van der Waals surface area contributed by atoms with Crippen LogP contribution in [0.15, 0.2) is 18.2 Å². The number of halogens is 3. The van der Waals surface area contributed by atoms with Gasteiger partial charge in [-0.15, -0.1) is 12.4 Å². The molecule has 1 N–H and O–H groups in total. The van der Waals surface area contributed by atoms with Gasteiger partial charge in [0.25, 0.3) is 5.91 Å². The molecule has 1 amide bonds. The first-order chi connectivity index (χ1) is 10.5. The molecule has 3 rings (SSSR count). The molecule has 1 aromatic carbocycles. The fraction of sp³-hybridized carbons (Fsp3) is 0.562. The third kappa shape index (κ3) is 4.24. The fourth-order valence-electron chi connectivity index (χ4n) is 3.40. The van der Waals surface area contributed by atoms with Crippen LogP contribution in [0.25, 0.3) is 0 Å². The first-order valence-corrected chi connectivity index (χ1v) is 8.38. The van der Waals surface area contributed by atoms with Gasteiger partial charge in [0.1, 0.15) is 0 Å². The number of nitrogens with zero attached hydrogens (tertiary/aromatic N) is 1. The smallest absolute Gasteiger partial charge is 0.260 e. The molecule has 1 aromatic rings. The van der Waals surface area contributed by atoms with Crippen LogP contribution >= 0.6 is 35.6 Å². The average molecular weight is 380 g/mol. The number of hydrogen-bond donors (Lipinski definition) is 1. The number of carbonyl (C=O) groups is 1. The number of amides is 1. The SMILES string of the molecule is CN(C(=O)COc1c(Cl)cccc1Cl)C1CC2CCC(C1)N2.Cl. The van der Waals surface area contributed by atoms with E-state index in [4.69, 9.17) is 27.9 Å². The summed E-state index contributed by atoms with van der Waals surface area (Å²) < 4.78 is 5.54. The molecule has 0 saturated carbocycles. The van der Waals surface area contributed by atoms with Crippen LogP contribution in [0.1, 0.15) is 25.7 Å². The molecule has 0 radical (unpaired) electrons. The topological polar surface area (TPSA) is 41.6 Å². The van der Waals surface area contributed by atoms with Crippen LogP contribution in [0, 0.1) is 0 Å². The van der Waals surface area contributed by atoms with Gasteiger partial charge in [0.15, 0.2) is 12.4 Å². The van der Waals surface area contributed by atoms with E-state index in [1.54, 1.807) is 18.2 Å². The Kier molecular flexibility index (Phi) is 6.43. The van der Waals surface area contributed by atoms with Crippen LogP contribution in [-0.2, 0) is 4.79 Å². The van der Waals surface area contributed by atoms with Gasteiger partial charge in [0.05, 0.1) is 10.0 Å². The maximum atomic E-state index is 12.4. The molecular weight excluding hydrogens is 359 g/mol. The summed E-state index contributed by atoms with van der Waals surface area (Å²) in [4.78, 5) is 14.2. The fourth-order valence-corrected chi connectivity index (χ4v) is 3.91. The van der Waals surface area contributed by atoms with Gasteiger partial charge in [-0.2, -0.15) is 0 Å². The van der Waals surface area contributed by atoms with Crippen molar-refractivity contribution < 1.29 is 9.53 Å². The zero-order valence-electron chi connectivity index (χ0n) is 12.9. The number of ether oxygens (including phenoxy) is 1. The van der Waals surface area contributed by atoms with Crippen molar-refractivity contribution in [1.29, 1.82) is 0 Å². The van der Waals surface area contributed by atoms with Gasteiger partial charge in [0.2, 0.25) is 0 Å². The Labute approximate surface area is 152 Å². The van der Waals surface area contributed by atoms with Crippen LogP contribution in [0.4, 0.5) is 0 Å². The molecule has 2 atom stereocenters. The zero-order chi connectivity index (χ0) is 15.7. The molecule has 2 unspecified atom stereocenters. The number of piperidine rings is 1. The number of rotatable bonds is 4. The Hall–Kier alpha value is -0.680. The lowest BCUT2D eigenvalue weighted by molar-refractivity contribution is -0.134. The molecule has 0 spiro atoms. The Bertz CT molecular complexity index is 538. The highest BCUT2D eigenvalue weighted by Gasteiger charge is 2.36. The average Bonchev–Trinajstić information content (AvgIpc) is 2.84. The van der Waals surface area contributed by atoms with Gasteiger partial charge < -0.3 is 15.0 Å². The molecule has 7 heteroatoms. The standard InChI is InChI=1S/C16H20Cl2N2O2.ClH/c1-20(12-7-10-5-6-11(8-12)19-10)15(21)9-22-16-13(17)3-2-4-14(16)18;/h2-4,10-12,19H,5-9H2,1H3;1H. The zero-order valence-corrected chi connectivity index (χ0v) is 15.3. The predicted octanol–water partition coefficient (Wildman–Crippen LogP) is 3.54. The van der Waals surface area contributed by atoms with Crippen LogP contribution in [0.2, 0.25) is 10.0 Å². The molecule has 2 fully saturated rings. The normalized spacial score (nSPS) is 25.6. The van der Waals surface area contributed by atoms with E-state index >= 15 is 0 Å². The number of hydrogen-bond acceptors (Lipinski definition) is 3. The van der Waals surface area contributed by atoms with Gasteiger partial charge in [-0.25, -0.2) is 0 Å². The second-order valence-electron chi connectivity index (χ2n) is 6.11. The monoisotopic (exact) mass is 378 g/mol. The minimum absolute atomic E-state index is 0. The van der Waals surface area contributed by atoms with E-state index in [0.29, 0.717) is 27.9 Å². The molecule has 128 valence electrons. The number of fused-ring (bicyclic) bond motifs is 2. The quantitative estimate of drug-likeness (QED) is 0.870. The van der Waals surface area contributed by atoms with Gasteiger partial charge in [-0.1, -0.05) is 29.3 Å². The summed E-state index contributed by atoms with van der Waals surface area (Å²) in [6.07, 6.45) is 4.47. The van der Waals surface area contributed by atoms with Gasteiger partial charge in [-0.3, -0.25) is 4.79 Å². The Morgan fingerprint density at radius 3 is 2.39 bits per heavy atom. The molecule has 2 aliphatic rings. The molecule has 0 aliphatic carbocycles. The van der Waals surface area contributed by atoms with Gasteiger partial charge in [-0.05, 0) is 37.8 Å². The minimum atomic E-state index is -0.0424. The number of likely N-dealkylation sites (N-methyl/N-ethyl adjacent to an activating group) is 1. The number of carbonyl (C=O) groups excluding carboxylic acids is 1. The Morgan fingerprint density at radius 1 is 1.26 bits per heavy atom. The molecule has 0 aromatic heterocycles. The highest BCUT2D eigenvalue weighted by Crippen LogP contribution is 2.33. The third-order valence-electron chi connectivity index (χ3n) is 4.65. The Balaban J connectivity index is 0.00000192. The second-order valence-corrected chi connectivity index (χ2v) is 6.92. The number of nitrogens with one attached hydrogen (secondary N) is 1. The molecular formula is C16H21Cl3N2O2. The minimum Gasteiger partial charge on any atom is -0.481 e. The summed E-state index contributed by atoms with van der Waals surface area (Å²) in [5.74, 6) is 0.334. The van der Waals surface area contributed by atoms with Crippen molar-refractivity contribution in [2.75, 3.05) is 13.7 Å². The maximum Gasteiger partial charge on any atom is 0.260 e. The van der Waals surface area contributed by atoms with Crippen molar-refractivity contribution in [3.05, 3.63) is 28.2 Å². The summed E-state index contributed by atoms with van der Waals surface area (Å²) in [5, 5.41) is 4.42.